The predicted octanol–water partition coefficient (Wildman–Crippen LogP) is -3.57. The summed E-state index contributed by atoms with van der Waals surface area (Å²) in [6.07, 6.45) is -6.11. The zero-order valence-corrected chi connectivity index (χ0v) is 36.3. The zero-order valence-electron chi connectivity index (χ0n) is 36.3. The van der Waals surface area contributed by atoms with Gasteiger partial charge in [0, 0.05) is 38.5 Å². The average molecular weight is 938 g/mol. The summed E-state index contributed by atoms with van der Waals surface area (Å²) in [7, 11) is 0. The zero-order chi connectivity index (χ0) is 50.3. The molecule has 366 valence electrons. The first kappa shape index (κ1) is 56.6. The van der Waals surface area contributed by atoms with E-state index >= 15 is 0 Å². The second-order valence-electron chi connectivity index (χ2n) is 15.6. The lowest BCUT2D eigenvalue weighted by Crippen LogP contribution is -2.60. The number of phenolic OH excluding ortho intramolecular Hbond substituents is 1. The molecule has 0 aliphatic heterocycles. The Kier molecular flexibility index (Phi) is 24.4. The SMILES string of the molecule is CC(C)C[C@H](NC(=O)[C@H](Cc1ccc(O)cc1)NC(=O)[C@H](CCC(N)=O)NC(=O)[C@H](CCC(N)=O)NC(=O)[C@H](CCC(=O)O)NC(=O)[C@H](CCC(=O)O)NC(=O)[C@@H](N)CCC(=O)O)C(=O)O. The predicted molar refractivity (Wildman–Crippen MR) is 226 cm³/mol. The third-order valence-electron chi connectivity index (χ3n) is 9.52. The molecule has 26 nitrogen and oxygen atoms in total. The Morgan fingerprint density at radius 3 is 1.14 bits per heavy atom. The highest BCUT2D eigenvalue weighted by Crippen LogP contribution is 2.14. The van der Waals surface area contributed by atoms with Gasteiger partial charge in [-0.25, -0.2) is 4.79 Å². The summed E-state index contributed by atoms with van der Waals surface area (Å²) in [4.78, 5) is 151. The molecule has 26 heteroatoms. The van der Waals surface area contributed by atoms with Crippen molar-refractivity contribution in [2.45, 2.75) is 133 Å². The summed E-state index contributed by atoms with van der Waals surface area (Å²) >= 11 is 0. The first-order valence-electron chi connectivity index (χ1n) is 20.6. The molecule has 7 atom stereocenters. The van der Waals surface area contributed by atoms with Crippen molar-refractivity contribution >= 4 is 71.1 Å². The molecular weight excluding hydrogens is 878 g/mol. The van der Waals surface area contributed by atoms with Gasteiger partial charge in [-0.1, -0.05) is 26.0 Å². The van der Waals surface area contributed by atoms with Crippen molar-refractivity contribution in [2.24, 2.45) is 23.1 Å². The number of nitrogens with two attached hydrogens (primary N) is 3. The Labute approximate surface area is 377 Å². The highest BCUT2D eigenvalue weighted by molar-refractivity contribution is 5.97. The van der Waals surface area contributed by atoms with Gasteiger partial charge in [0.25, 0.3) is 0 Å². The number of aliphatic carboxylic acids is 4. The Hall–Kier alpha value is -7.38. The third-order valence-corrected chi connectivity index (χ3v) is 9.52. The number of carbonyl (C=O) groups excluding carboxylic acids is 8. The van der Waals surface area contributed by atoms with Crippen molar-refractivity contribution in [1.82, 2.24) is 31.9 Å². The molecule has 0 spiro atoms. The monoisotopic (exact) mass is 937 g/mol. The second-order valence-corrected chi connectivity index (χ2v) is 15.6. The number of benzene rings is 1. The van der Waals surface area contributed by atoms with E-state index in [-0.39, 0.29) is 30.9 Å². The number of hydrogen-bond acceptors (Lipinski definition) is 14. The Balaban J connectivity index is 3.55. The van der Waals surface area contributed by atoms with Gasteiger partial charge >= 0.3 is 23.9 Å². The standard InChI is InChI=1S/C40H59N9O17/c1-19(2)17-28(40(65)66)49-39(64)27(18-20-3-5-21(50)6-4-20)48-38(63)24(9-13-30(43)52)46-35(60)23(8-12-29(42)51)45-37(62)26(11-16-33(57)58)47-36(61)25(10-15-32(55)56)44-34(59)22(41)7-14-31(53)54/h3-6,19,22-28,50H,7-18,41H2,1-2H3,(H2,42,51)(H2,43,52)(H,44,59)(H,45,62)(H,46,60)(H,47,61)(H,48,63)(H,49,64)(H,53,54)(H,55,56)(H,57,58)(H,65,66)/t22-,23-,24-,25-,26-,27-,28-/m0/s1. The smallest absolute Gasteiger partial charge is 0.326 e. The van der Waals surface area contributed by atoms with Crippen molar-refractivity contribution in [3.8, 4) is 5.75 Å². The average Bonchev–Trinajstić information content (AvgIpc) is 3.22. The van der Waals surface area contributed by atoms with E-state index in [2.05, 4.69) is 31.9 Å². The fourth-order valence-electron chi connectivity index (χ4n) is 6.00. The van der Waals surface area contributed by atoms with Crippen LogP contribution in [-0.2, 0) is 64.0 Å². The van der Waals surface area contributed by atoms with Crippen LogP contribution in [0.5, 0.6) is 5.75 Å². The van der Waals surface area contributed by atoms with E-state index < -0.39 is 171 Å². The van der Waals surface area contributed by atoms with Gasteiger partial charge in [0.15, 0.2) is 0 Å². The largest absolute Gasteiger partial charge is 0.508 e. The van der Waals surface area contributed by atoms with Crippen LogP contribution in [0.25, 0.3) is 0 Å². The number of nitrogens with one attached hydrogen (secondary N) is 6. The molecule has 0 heterocycles. The van der Waals surface area contributed by atoms with Crippen molar-refractivity contribution in [3.63, 3.8) is 0 Å². The number of carbonyl (C=O) groups is 12. The summed E-state index contributed by atoms with van der Waals surface area (Å²) in [6, 6.07) is -6.03. The van der Waals surface area contributed by atoms with Gasteiger partial charge in [0.1, 0.15) is 42.0 Å². The van der Waals surface area contributed by atoms with Gasteiger partial charge in [-0.15, -0.1) is 0 Å². The molecule has 66 heavy (non-hydrogen) atoms. The van der Waals surface area contributed by atoms with Gasteiger partial charge in [-0.3, -0.25) is 52.7 Å². The fraction of sp³-hybridized carbons (Fsp3) is 0.550. The van der Waals surface area contributed by atoms with Gasteiger partial charge in [0.05, 0.1) is 6.04 Å². The summed E-state index contributed by atoms with van der Waals surface area (Å²) in [5, 5.41) is 60.7. The van der Waals surface area contributed by atoms with E-state index in [9.17, 15) is 78.0 Å². The Morgan fingerprint density at radius 2 is 0.788 bits per heavy atom. The number of primary amides is 2. The number of carboxylic acid groups (broad SMARTS) is 4. The normalized spacial score (nSPS) is 14.1. The number of amides is 8. The van der Waals surface area contributed by atoms with Crippen molar-refractivity contribution in [3.05, 3.63) is 29.8 Å². The maximum absolute atomic E-state index is 13.9. The van der Waals surface area contributed by atoms with Crippen molar-refractivity contribution in [1.29, 1.82) is 0 Å². The highest BCUT2D eigenvalue weighted by Gasteiger charge is 2.34. The molecule has 0 aromatic heterocycles. The minimum absolute atomic E-state index is 0.00422. The van der Waals surface area contributed by atoms with Gasteiger partial charge in [-0.2, -0.15) is 0 Å². The minimum Gasteiger partial charge on any atom is -0.508 e. The van der Waals surface area contributed by atoms with Crippen LogP contribution in [0.1, 0.15) is 90.0 Å². The van der Waals surface area contributed by atoms with E-state index in [1.807, 2.05) is 0 Å². The molecule has 0 unspecified atom stereocenters. The van der Waals surface area contributed by atoms with Crippen LogP contribution in [-0.4, -0.2) is 139 Å². The van der Waals surface area contributed by atoms with E-state index in [0.717, 1.165) is 0 Å². The van der Waals surface area contributed by atoms with Crippen LogP contribution < -0.4 is 49.1 Å². The molecule has 17 N–H and O–H groups in total. The van der Waals surface area contributed by atoms with Crippen LogP contribution in [0.4, 0.5) is 0 Å². The quantitative estimate of drug-likeness (QED) is 0.0332. The lowest BCUT2D eigenvalue weighted by atomic mass is 10.0. The summed E-state index contributed by atoms with van der Waals surface area (Å²) < 4.78 is 0. The van der Waals surface area contributed by atoms with Crippen molar-refractivity contribution in [2.75, 3.05) is 0 Å². The van der Waals surface area contributed by atoms with Crippen LogP contribution in [0.3, 0.4) is 0 Å². The molecule has 0 saturated heterocycles. The third kappa shape index (κ3) is 22.8. The number of aromatic hydroxyl groups is 1. The van der Waals surface area contributed by atoms with Crippen LogP contribution in [0.2, 0.25) is 0 Å². The lowest BCUT2D eigenvalue weighted by Gasteiger charge is -2.27. The van der Waals surface area contributed by atoms with E-state index in [1.54, 1.807) is 13.8 Å². The molecule has 0 aliphatic carbocycles. The molecule has 1 rings (SSSR count). The molecule has 1 aromatic rings. The maximum atomic E-state index is 13.9. The van der Waals surface area contributed by atoms with Gasteiger partial charge in [0.2, 0.25) is 47.3 Å². The molecule has 0 fully saturated rings. The molecule has 0 aliphatic rings. The van der Waals surface area contributed by atoms with Crippen LogP contribution in [0.15, 0.2) is 24.3 Å². The molecule has 8 amide bonds. The van der Waals surface area contributed by atoms with E-state index in [1.165, 1.54) is 24.3 Å². The van der Waals surface area contributed by atoms with Gasteiger partial charge in [-0.05, 0) is 62.1 Å². The first-order chi connectivity index (χ1) is 30.8. The highest BCUT2D eigenvalue weighted by atomic mass is 16.4. The van der Waals surface area contributed by atoms with E-state index in [4.69, 9.17) is 22.3 Å². The first-order valence-corrected chi connectivity index (χ1v) is 20.6. The summed E-state index contributed by atoms with van der Waals surface area (Å²) in [6.45, 7) is 3.43. The lowest BCUT2D eigenvalue weighted by molar-refractivity contribution is -0.143. The fourth-order valence-corrected chi connectivity index (χ4v) is 6.00. The number of rotatable bonds is 32. The number of hydrogen-bond donors (Lipinski definition) is 14. The second kappa shape index (κ2) is 28.4. The summed E-state index contributed by atoms with van der Waals surface area (Å²) in [5.41, 5.74) is 16.7. The van der Waals surface area contributed by atoms with E-state index in [0.29, 0.717) is 5.56 Å². The molecule has 1 aromatic carbocycles. The Bertz CT molecular complexity index is 1930. The van der Waals surface area contributed by atoms with Gasteiger partial charge < -0.3 is 74.6 Å². The number of carboxylic acids is 4. The van der Waals surface area contributed by atoms with Crippen molar-refractivity contribution < 1.29 is 83.1 Å². The summed E-state index contributed by atoms with van der Waals surface area (Å²) in [5.74, 6) is -14.6. The molecular formula is C40H59N9O17. The Morgan fingerprint density at radius 1 is 0.470 bits per heavy atom. The van der Waals surface area contributed by atoms with Crippen LogP contribution >= 0.6 is 0 Å². The number of phenols is 1. The minimum atomic E-state index is -1.83. The van der Waals surface area contributed by atoms with Crippen LogP contribution in [0, 0.1) is 5.92 Å². The molecule has 0 radical (unpaired) electrons. The molecule has 0 bridgehead atoms. The topological polar surface area (TPSA) is 456 Å². The maximum Gasteiger partial charge on any atom is 0.326 e. The molecule has 0 saturated carbocycles.